The number of aryl methyl sites for hydroxylation is 1. The van der Waals surface area contributed by atoms with Crippen LogP contribution in [0.2, 0.25) is 0 Å². The molecule has 1 aromatic heterocycles. The Morgan fingerprint density at radius 1 is 0.918 bits per heavy atom. The van der Waals surface area contributed by atoms with Gasteiger partial charge in [0.05, 0.1) is 36.8 Å². The highest BCUT2D eigenvalue weighted by Gasteiger charge is 2.27. The molecule has 0 radical (unpaired) electrons. The summed E-state index contributed by atoms with van der Waals surface area (Å²) < 4.78 is 34.4. The number of fused-ring (bicyclic) bond motifs is 1. The second-order valence-corrected chi connectivity index (χ2v) is 16.4. The van der Waals surface area contributed by atoms with Crippen molar-refractivity contribution in [2.75, 3.05) is 82.3 Å². The molecule has 2 N–H and O–H groups in total. The number of carbonyl (C=O) groups is 2. The van der Waals surface area contributed by atoms with E-state index in [1.54, 1.807) is 6.07 Å². The summed E-state index contributed by atoms with van der Waals surface area (Å²) in [6, 6.07) is 12.1. The van der Waals surface area contributed by atoms with Crippen LogP contribution in [0.5, 0.6) is 5.75 Å². The smallest absolute Gasteiger partial charge is 0.272 e. The second kappa shape index (κ2) is 14.7. The van der Waals surface area contributed by atoms with Crippen molar-refractivity contribution >= 4 is 44.1 Å². The van der Waals surface area contributed by atoms with Crippen molar-refractivity contribution in [1.82, 2.24) is 24.2 Å². The number of hydrogen-bond acceptors (Lipinski definition) is 8. The van der Waals surface area contributed by atoms with Gasteiger partial charge in [0.1, 0.15) is 5.69 Å². The summed E-state index contributed by atoms with van der Waals surface area (Å²) in [4.78, 5) is 36.1. The lowest BCUT2D eigenvalue weighted by atomic mass is 9.86. The maximum absolute atomic E-state index is 13.8. The van der Waals surface area contributed by atoms with Crippen LogP contribution >= 0.6 is 0 Å². The molecule has 3 heterocycles. The monoisotopic (exact) mass is 695 g/mol. The van der Waals surface area contributed by atoms with E-state index in [1.165, 1.54) is 7.11 Å². The molecule has 268 valence electrons. The molecule has 49 heavy (non-hydrogen) atoms. The first-order valence-electron chi connectivity index (χ1n) is 17.1. The molecule has 3 aromatic rings. The van der Waals surface area contributed by atoms with Crippen LogP contribution in [0.3, 0.4) is 0 Å². The average Bonchev–Trinajstić information content (AvgIpc) is 3.37. The molecular formula is C36H53N7O5S. The van der Waals surface area contributed by atoms with E-state index in [9.17, 15) is 18.0 Å². The predicted molar refractivity (Wildman–Crippen MR) is 196 cm³/mol. The number of ether oxygens (including phenoxy) is 1. The van der Waals surface area contributed by atoms with E-state index in [1.807, 2.05) is 61.6 Å². The fourth-order valence-corrected chi connectivity index (χ4v) is 7.36. The number of methoxy groups -OCH3 is 1. The Kier molecular flexibility index (Phi) is 11.0. The SMILES string of the molecule is COc1c(NC(=O)c2cc3cccc(CN4CCN(C(=O)CN5CCN(C(C)C)CC5)CC4)c3n2C)cc(C(C)(C)C)cc1NS(C)(=O)=O. The van der Waals surface area contributed by atoms with Gasteiger partial charge in [-0.3, -0.25) is 29.0 Å². The van der Waals surface area contributed by atoms with E-state index >= 15 is 0 Å². The lowest BCUT2D eigenvalue weighted by molar-refractivity contribution is -0.134. The molecule has 5 rings (SSSR count). The summed E-state index contributed by atoms with van der Waals surface area (Å²) >= 11 is 0. The number of aromatic nitrogens is 1. The number of piperazine rings is 2. The highest BCUT2D eigenvalue weighted by Crippen LogP contribution is 2.39. The molecule has 0 saturated carbocycles. The summed E-state index contributed by atoms with van der Waals surface area (Å²) in [5.41, 5.74) is 3.69. The lowest BCUT2D eigenvalue weighted by Crippen LogP contribution is -2.54. The maximum Gasteiger partial charge on any atom is 0.272 e. The number of para-hydroxylation sites is 1. The van der Waals surface area contributed by atoms with Gasteiger partial charge in [0, 0.05) is 77.4 Å². The quantitative estimate of drug-likeness (QED) is 0.329. The van der Waals surface area contributed by atoms with Gasteiger partial charge in [0.2, 0.25) is 15.9 Å². The molecule has 2 fully saturated rings. The molecule has 12 nitrogen and oxygen atoms in total. The molecule has 0 atom stereocenters. The Morgan fingerprint density at radius 2 is 1.55 bits per heavy atom. The minimum absolute atomic E-state index is 0.210. The van der Waals surface area contributed by atoms with Gasteiger partial charge < -0.3 is 19.5 Å². The molecule has 0 unspecified atom stereocenters. The van der Waals surface area contributed by atoms with Crippen LogP contribution in [0.4, 0.5) is 11.4 Å². The zero-order valence-corrected chi connectivity index (χ0v) is 31.1. The van der Waals surface area contributed by atoms with Crippen LogP contribution in [0, 0.1) is 0 Å². The third-order valence-electron chi connectivity index (χ3n) is 9.69. The Balaban J connectivity index is 1.28. The Hall–Kier alpha value is -3.65. The number of nitrogens with zero attached hydrogens (tertiary/aromatic N) is 5. The number of nitrogens with one attached hydrogen (secondary N) is 2. The van der Waals surface area contributed by atoms with E-state index in [4.69, 9.17) is 4.74 Å². The summed E-state index contributed by atoms with van der Waals surface area (Å²) in [6.45, 7) is 18.6. The third kappa shape index (κ3) is 8.75. The standard InChI is InChI=1S/C36H53N7O5S/c1-25(2)42-16-12-41(13-17-42)24-32(44)43-18-14-40(15-19-43)23-27-11-9-10-26-20-31(39(6)33(26)27)35(45)37-29-21-28(36(3,4)5)22-30(34(29)48-7)38-49(8,46)47/h9-11,20-22,25,38H,12-19,23-24H2,1-8H3,(H,37,45). The van der Waals surface area contributed by atoms with Crippen LogP contribution in [-0.4, -0.2) is 123 Å². The highest BCUT2D eigenvalue weighted by molar-refractivity contribution is 7.92. The topological polar surface area (TPSA) is 119 Å². The van der Waals surface area contributed by atoms with Gasteiger partial charge in [0.25, 0.3) is 5.91 Å². The van der Waals surface area contributed by atoms with Gasteiger partial charge in [0.15, 0.2) is 5.75 Å². The van der Waals surface area contributed by atoms with Crippen LogP contribution in [0.25, 0.3) is 10.9 Å². The van der Waals surface area contributed by atoms with Crippen LogP contribution in [0.1, 0.15) is 56.2 Å². The summed E-state index contributed by atoms with van der Waals surface area (Å²) in [5, 5.41) is 3.95. The number of carbonyl (C=O) groups excluding carboxylic acids is 2. The minimum Gasteiger partial charge on any atom is -0.492 e. The zero-order chi connectivity index (χ0) is 35.7. The largest absolute Gasteiger partial charge is 0.492 e. The van der Waals surface area contributed by atoms with E-state index in [0.29, 0.717) is 43.6 Å². The number of benzene rings is 2. The number of anilines is 2. The van der Waals surface area contributed by atoms with E-state index in [2.05, 4.69) is 44.7 Å². The van der Waals surface area contributed by atoms with Crippen molar-refractivity contribution in [3.05, 3.63) is 53.2 Å². The third-order valence-corrected chi connectivity index (χ3v) is 10.3. The lowest BCUT2D eigenvalue weighted by Gasteiger charge is -2.39. The first-order chi connectivity index (χ1) is 23.0. The van der Waals surface area contributed by atoms with Gasteiger partial charge in [-0.1, -0.05) is 39.0 Å². The fraction of sp³-hybridized carbons (Fsp3) is 0.556. The van der Waals surface area contributed by atoms with Gasteiger partial charge in [-0.15, -0.1) is 0 Å². The molecule has 0 bridgehead atoms. The number of amides is 2. The molecular weight excluding hydrogens is 643 g/mol. The molecule has 2 aliphatic rings. The van der Waals surface area contributed by atoms with Crippen molar-refractivity contribution < 1.29 is 22.7 Å². The Morgan fingerprint density at radius 3 is 2.14 bits per heavy atom. The van der Waals surface area contributed by atoms with E-state index in [-0.39, 0.29) is 28.7 Å². The summed E-state index contributed by atoms with van der Waals surface area (Å²) in [6.07, 6.45) is 1.08. The van der Waals surface area contributed by atoms with Gasteiger partial charge in [-0.25, -0.2) is 8.42 Å². The van der Waals surface area contributed by atoms with Crippen LogP contribution in [0.15, 0.2) is 36.4 Å². The van der Waals surface area contributed by atoms with Crippen LogP contribution < -0.4 is 14.8 Å². The van der Waals surface area contributed by atoms with Gasteiger partial charge in [-0.2, -0.15) is 0 Å². The van der Waals surface area contributed by atoms with Gasteiger partial charge in [-0.05, 0) is 48.6 Å². The summed E-state index contributed by atoms with van der Waals surface area (Å²) in [5.74, 6) is 0.108. The molecule has 2 aromatic carbocycles. The number of hydrogen-bond donors (Lipinski definition) is 2. The molecule has 0 spiro atoms. The van der Waals surface area contributed by atoms with Crippen molar-refractivity contribution in [3.8, 4) is 5.75 Å². The Labute approximate surface area is 291 Å². The minimum atomic E-state index is -3.60. The molecule has 2 saturated heterocycles. The summed E-state index contributed by atoms with van der Waals surface area (Å²) in [7, 11) is -0.268. The van der Waals surface area contributed by atoms with E-state index in [0.717, 1.165) is 67.6 Å². The predicted octanol–water partition coefficient (Wildman–Crippen LogP) is 3.78. The first-order valence-corrected chi connectivity index (χ1v) is 19.0. The normalized spacial score (nSPS) is 17.1. The second-order valence-electron chi connectivity index (χ2n) is 14.7. The molecule has 2 amide bonds. The average molecular weight is 696 g/mol. The van der Waals surface area contributed by atoms with Crippen molar-refractivity contribution in [2.45, 2.75) is 52.6 Å². The van der Waals surface area contributed by atoms with Crippen molar-refractivity contribution in [2.24, 2.45) is 7.05 Å². The highest BCUT2D eigenvalue weighted by atomic mass is 32.2. The van der Waals surface area contributed by atoms with Crippen LogP contribution in [-0.2, 0) is 33.8 Å². The van der Waals surface area contributed by atoms with E-state index < -0.39 is 10.0 Å². The zero-order valence-electron chi connectivity index (χ0n) is 30.3. The number of sulfonamides is 1. The molecule has 13 heteroatoms. The van der Waals surface area contributed by atoms with Crippen molar-refractivity contribution in [3.63, 3.8) is 0 Å². The number of rotatable bonds is 10. The molecule has 2 aliphatic heterocycles. The van der Waals surface area contributed by atoms with Gasteiger partial charge >= 0.3 is 0 Å². The first kappa shape index (κ1) is 36.6. The molecule has 0 aliphatic carbocycles. The fourth-order valence-electron chi connectivity index (χ4n) is 6.81. The maximum atomic E-state index is 13.8. The Bertz CT molecular complexity index is 1780. The van der Waals surface area contributed by atoms with Crippen molar-refractivity contribution in [1.29, 1.82) is 0 Å².